The zero-order valence-corrected chi connectivity index (χ0v) is 13.5. The second-order valence-corrected chi connectivity index (χ2v) is 5.92. The van der Waals surface area contributed by atoms with Crippen LogP contribution in [0.5, 0.6) is 0 Å². The van der Waals surface area contributed by atoms with Crippen LogP contribution in [0.3, 0.4) is 0 Å². The zero-order chi connectivity index (χ0) is 16.7. The number of amides is 1. The first-order chi connectivity index (χ1) is 11.6. The average molecular weight is 323 g/mol. The summed E-state index contributed by atoms with van der Waals surface area (Å²) in [6, 6.07) is 9.57. The van der Waals surface area contributed by atoms with Crippen molar-refractivity contribution in [1.82, 2.24) is 24.6 Å². The minimum absolute atomic E-state index is 0.0487. The predicted octanol–water partition coefficient (Wildman–Crippen LogP) is 2.34. The van der Waals surface area contributed by atoms with Gasteiger partial charge in [0.15, 0.2) is 17.5 Å². The number of benzene rings is 1. The van der Waals surface area contributed by atoms with Crippen LogP contribution in [-0.4, -0.2) is 30.6 Å². The number of oxazole rings is 1. The van der Waals surface area contributed by atoms with Crippen molar-refractivity contribution in [3.8, 4) is 11.5 Å². The molecular weight excluding hydrogens is 306 g/mol. The molecule has 2 aromatic heterocycles. The van der Waals surface area contributed by atoms with E-state index in [2.05, 4.69) is 15.2 Å². The summed E-state index contributed by atoms with van der Waals surface area (Å²) in [5, 5.41) is 8.48. The van der Waals surface area contributed by atoms with Crippen molar-refractivity contribution in [3.05, 3.63) is 53.9 Å². The number of carbonyl (C=O) groups excluding carboxylic acids is 1. The van der Waals surface area contributed by atoms with Gasteiger partial charge in [0.1, 0.15) is 18.0 Å². The summed E-state index contributed by atoms with van der Waals surface area (Å²) in [5.41, 5.74) is 1.70. The second-order valence-electron chi connectivity index (χ2n) is 5.92. The number of nitrogens with zero attached hydrogens (tertiary/aromatic N) is 5. The van der Waals surface area contributed by atoms with E-state index in [0.717, 1.165) is 11.4 Å². The highest BCUT2D eigenvalue weighted by molar-refractivity contribution is 5.81. The van der Waals surface area contributed by atoms with Gasteiger partial charge < -0.3 is 9.32 Å². The molecule has 0 N–H and O–H groups in total. The highest BCUT2D eigenvalue weighted by Gasteiger charge is 2.34. The number of aromatic nitrogens is 4. The van der Waals surface area contributed by atoms with Gasteiger partial charge in [0.25, 0.3) is 0 Å². The quantitative estimate of drug-likeness (QED) is 0.739. The lowest BCUT2D eigenvalue weighted by atomic mass is 10.1. The van der Waals surface area contributed by atoms with Gasteiger partial charge in [-0.3, -0.25) is 9.36 Å². The third-order valence-electron chi connectivity index (χ3n) is 4.22. The molecule has 3 aromatic rings. The van der Waals surface area contributed by atoms with Crippen LogP contribution in [0.2, 0.25) is 0 Å². The number of fused-ring (bicyclic) bond motifs is 1. The van der Waals surface area contributed by atoms with Gasteiger partial charge in [-0.15, -0.1) is 10.2 Å². The summed E-state index contributed by atoms with van der Waals surface area (Å²) >= 11 is 0. The summed E-state index contributed by atoms with van der Waals surface area (Å²) in [6.45, 7) is 4.63. The molecule has 0 aliphatic carbocycles. The second kappa shape index (κ2) is 5.59. The Hall–Kier alpha value is -2.96. The standard InChI is InChI=1S/C17H17N5O2/c1-11-17(23)21(8-13-6-4-3-5-7-13)9-15-19-20-16(22(11)15)14-10-24-12(2)18-14/h3-7,10-11H,8-9H2,1-2H3/t11-/m1/s1. The number of carbonyl (C=O) groups is 1. The lowest BCUT2D eigenvalue weighted by Crippen LogP contribution is -2.41. The highest BCUT2D eigenvalue weighted by Crippen LogP contribution is 2.28. The molecule has 122 valence electrons. The molecule has 1 aromatic carbocycles. The maximum Gasteiger partial charge on any atom is 0.246 e. The largest absolute Gasteiger partial charge is 0.449 e. The summed E-state index contributed by atoms with van der Waals surface area (Å²) in [6.07, 6.45) is 1.54. The molecule has 0 bridgehead atoms. The fraction of sp³-hybridized carbons (Fsp3) is 0.294. The van der Waals surface area contributed by atoms with Gasteiger partial charge in [0, 0.05) is 13.5 Å². The lowest BCUT2D eigenvalue weighted by molar-refractivity contribution is -0.137. The SMILES string of the molecule is Cc1nc(-c2nnc3n2[C@H](C)C(=O)N(Cc2ccccc2)C3)co1. The van der Waals surface area contributed by atoms with Crippen molar-refractivity contribution >= 4 is 5.91 Å². The van der Waals surface area contributed by atoms with E-state index in [-0.39, 0.29) is 11.9 Å². The molecule has 3 heterocycles. The van der Waals surface area contributed by atoms with Crippen LogP contribution < -0.4 is 0 Å². The third-order valence-corrected chi connectivity index (χ3v) is 4.22. The molecule has 0 radical (unpaired) electrons. The number of hydrogen-bond donors (Lipinski definition) is 0. The Kier molecular flexibility index (Phi) is 3.41. The molecule has 0 saturated carbocycles. The summed E-state index contributed by atoms with van der Waals surface area (Å²) in [5.74, 6) is 1.94. The van der Waals surface area contributed by atoms with Crippen molar-refractivity contribution in [3.63, 3.8) is 0 Å². The molecule has 0 spiro atoms. The Morgan fingerprint density at radius 2 is 2.04 bits per heavy atom. The summed E-state index contributed by atoms with van der Waals surface area (Å²) < 4.78 is 7.10. The molecule has 4 rings (SSSR count). The Labute approximate surface area is 138 Å². The van der Waals surface area contributed by atoms with E-state index in [1.807, 2.05) is 46.7 Å². The zero-order valence-electron chi connectivity index (χ0n) is 13.5. The van der Waals surface area contributed by atoms with E-state index in [9.17, 15) is 4.79 Å². The molecular formula is C17H17N5O2. The van der Waals surface area contributed by atoms with Crippen LogP contribution in [0.15, 0.2) is 41.0 Å². The number of rotatable bonds is 3. The van der Waals surface area contributed by atoms with E-state index < -0.39 is 0 Å². The van der Waals surface area contributed by atoms with Gasteiger partial charge in [-0.1, -0.05) is 30.3 Å². The maximum absolute atomic E-state index is 12.8. The Morgan fingerprint density at radius 3 is 2.75 bits per heavy atom. The topological polar surface area (TPSA) is 77.1 Å². The summed E-state index contributed by atoms with van der Waals surface area (Å²) in [7, 11) is 0. The van der Waals surface area contributed by atoms with Crippen LogP contribution in [0.1, 0.15) is 30.2 Å². The van der Waals surface area contributed by atoms with E-state index in [4.69, 9.17) is 4.42 Å². The van der Waals surface area contributed by atoms with Crippen LogP contribution in [0.25, 0.3) is 11.5 Å². The minimum atomic E-state index is -0.375. The Morgan fingerprint density at radius 1 is 1.25 bits per heavy atom. The maximum atomic E-state index is 12.8. The molecule has 7 heteroatoms. The molecule has 1 aliphatic rings. The van der Waals surface area contributed by atoms with Crippen molar-refractivity contribution in [2.24, 2.45) is 0 Å². The van der Waals surface area contributed by atoms with E-state index >= 15 is 0 Å². The fourth-order valence-electron chi connectivity index (χ4n) is 3.04. The normalized spacial score (nSPS) is 17.2. The molecule has 0 unspecified atom stereocenters. The molecule has 1 aliphatic heterocycles. The lowest BCUT2D eigenvalue weighted by Gasteiger charge is -2.32. The van der Waals surface area contributed by atoms with Crippen LogP contribution in [-0.2, 0) is 17.9 Å². The molecule has 7 nitrogen and oxygen atoms in total. The molecule has 0 fully saturated rings. The van der Waals surface area contributed by atoms with Crippen molar-refractivity contribution < 1.29 is 9.21 Å². The predicted molar refractivity (Wildman–Crippen MR) is 85.7 cm³/mol. The third kappa shape index (κ3) is 2.38. The van der Waals surface area contributed by atoms with Crippen molar-refractivity contribution in [2.45, 2.75) is 33.0 Å². The number of aryl methyl sites for hydroxylation is 1. The molecule has 24 heavy (non-hydrogen) atoms. The van der Waals surface area contributed by atoms with Gasteiger partial charge in [-0.05, 0) is 12.5 Å². The van der Waals surface area contributed by atoms with Crippen molar-refractivity contribution in [1.29, 1.82) is 0 Å². The fourth-order valence-corrected chi connectivity index (χ4v) is 3.04. The van der Waals surface area contributed by atoms with Gasteiger partial charge in [0.05, 0.1) is 6.54 Å². The number of hydrogen-bond acceptors (Lipinski definition) is 5. The van der Waals surface area contributed by atoms with Gasteiger partial charge >= 0.3 is 0 Å². The smallest absolute Gasteiger partial charge is 0.246 e. The minimum Gasteiger partial charge on any atom is -0.449 e. The van der Waals surface area contributed by atoms with Crippen molar-refractivity contribution in [2.75, 3.05) is 0 Å². The first kappa shape index (κ1) is 14.6. The average Bonchev–Trinajstić information content (AvgIpc) is 3.19. The summed E-state index contributed by atoms with van der Waals surface area (Å²) in [4.78, 5) is 18.9. The Bertz CT molecular complexity index is 884. The first-order valence-corrected chi connectivity index (χ1v) is 7.82. The van der Waals surface area contributed by atoms with Gasteiger partial charge in [-0.2, -0.15) is 0 Å². The van der Waals surface area contributed by atoms with Gasteiger partial charge in [0.2, 0.25) is 5.91 Å². The van der Waals surface area contributed by atoms with Crippen LogP contribution in [0, 0.1) is 6.92 Å². The van der Waals surface area contributed by atoms with Crippen LogP contribution >= 0.6 is 0 Å². The highest BCUT2D eigenvalue weighted by atomic mass is 16.3. The van der Waals surface area contributed by atoms with Crippen LogP contribution in [0.4, 0.5) is 0 Å². The van der Waals surface area contributed by atoms with Gasteiger partial charge in [-0.25, -0.2) is 4.98 Å². The Balaban J connectivity index is 1.66. The molecule has 1 atom stereocenters. The monoisotopic (exact) mass is 323 g/mol. The first-order valence-electron chi connectivity index (χ1n) is 7.82. The van der Waals surface area contributed by atoms with E-state index in [0.29, 0.717) is 30.5 Å². The molecule has 0 saturated heterocycles. The molecule has 1 amide bonds. The van der Waals surface area contributed by atoms with E-state index in [1.54, 1.807) is 13.2 Å². The van der Waals surface area contributed by atoms with E-state index in [1.165, 1.54) is 0 Å².